The van der Waals surface area contributed by atoms with Crippen molar-refractivity contribution in [2.75, 3.05) is 19.6 Å². The number of rotatable bonds is 2. The first-order valence-corrected chi connectivity index (χ1v) is 3.92. The highest BCUT2D eigenvalue weighted by atomic mass is 16.3. The van der Waals surface area contributed by atoms with E-state index >= 15 is 0 Å². The zero-order valence-corrected chi connectivity index (χ0v) is 7.09. The SMILES string of the molecule is CC1CN(CC(C)(C)O)C1. The molecule has 1 heterocycles. The van der Waals surface area contributed by atoms with Gasteiger partial charge in [-0.15, -0.1) is 0 Å². The van der Waals surface area contributed by atoms with Crippen LogP contribution in [0.1, 0.15) is 20.8 Å². The molecule has 0 aromatic heterocycles. The molecule has 0 aromatic carbocycles. The second kappa shape index (κ2) is 2.51. The molecule has 0 radical (unpaired) electrons. The predicted octanol–water partition coefficient (Wildman–Crippen LogP) is 0.709. The Bertz CT molecular complexity index is 111. The van der Waals surface area contributed by atoms with Crippen molar-refractivity contribution in [3.63, 3.8) is 0 Å². The summed E-state index contributed by atoms with van der Waals surface area (Å²) in [6.45, 7) is 9.08. The first-order valence-electron chi connectivity index (χ1n) is 3.92. The second-order valence-electron chi connectivity index (χ2n) is 4.11. The van der Waals surface area contributed by atoms with Crippen molar-refractivity contribution in [1.82, 2.24) is 4.90 Å². The van der Waals surface area contributed by atoms with Gasteiger partial charge in [-0.2, -0.15) is 0 Å². The van der Waals surface area contributed by atoms with E-state index < -0.39 is 5.60 Å². The van der Waals surface area contributed by atoms with Gasteiger partial charge in [-0.25, -0.2) is 0 Å². The molecule has 0 saturated carbocycles. The van der Waals surface area contributed by atoms with Crippen molar-refractivity contribution < 1.29 is 5.11 Å². The molecule has 10 heavy (non-hydrogen) atoms. The van der Waals surface area contributed by atoms with E-state index in [0.29, 0.717) is 0 Å². The maximum Gasteiger partial charge on any atom is 0.0718 e. The molecule has 0 amide bonds. The first kappa shape index (κ1) is 8.02. The number of hydrogen-bond acceptors (Lipinski definition) is 2. The van der Waals surface area contributed by atoms with E-state index in [-0.39, 0.29) is 0 Å². The van der Waals surface area contributed by atoms with Crippen molar-refractivity contribution in [2.24, 2.45) is 5.92 Å². The van der Waals surface area contributed by atoms with Gasteiger partial charge in [-0.05, 0) is 19.8 Å². The number of likely N-dealkylation sites (tertiary alicyclic amines) is 1. The van der Waals surface area contributed by atoms with Gasteiger partial charge in [-0.1, -0.05) is 6.92 Å². The van der Waals surface area contributed by atoms with Gasteiger partial charge in [0.1, 0.15) is 0 Å². The van der Waals surface area contributed by atoms with Gasteiger partial charge in [0, 0.05) is 19.6 Å². The third-order valence-electron chi connectivity index (χ3n) is 1.75. The van der Waals surface area contributed by atoms with Crippen molar-refractivity contribution in [1.29, 1.82) is 0 Å². The summed E-state index contributed by atoms with van der Waals surface area (Å²) >= 11 is 0. The molecule has 0 aromatic rings. The molecule has 2 nitrogen and oxygen atoms in total. The minimum absolute atomic E-state index is 0.514. The summed E-state index contributed by atoms with van der Waals surface area (Å²) in [5.74, 6) is 0.836. The average molecular weight is 143 g/mol. The Kier molecular flexibility index (Phi) is 2.02. The van der Waals surface area contributed by atoms with Crippen LogP contribution in [0, 0.1) is 5.92 Å². The Morgan fingerprint density at radius 3 is 2.30 bits per heavy atom. The molecule has 0 atom stereocenters. The quantitative estimate of drug-likeness (QED) is 0.615. The molecule has 1 rings (SSSR count). The van der Waals surface area contributed by atoms with E-state index in [2.05, 4.69) is 11.8 Å². The molecule has 1 N–H and O–H groups in total. The second-order valence-corrected chi connectivity index (χ2v) is 4.11. The number of nitrogens with zero attached hydrogens (tertiary/aromatic N) is 1. The van der Waals surface area contributed by atoms with Crippen LogP contribution in [0.5, 0.6) is 0 Å². The van der Waals surface area contributed by atoms with Crippen molar-refractivity contribution in [3.05, 3.63) is 0 Å². The lowest BCUT2D eigenvalue weighted by atomic mass is 10.00. The fourth-order valence-electron chi connectivity index (χ4n) is 1.50. The minimum Gasteiger partial charge on any atom is -0.389 e. The Morgan fingerprint density at radius 2 is 2.00 bits per heavy atom. The van der Waals surface area contributed by atoms with Gasteiger partial charge in [0.15, 0.2) is 0 Å². The number of aliphatic hydroxyl groups is 1. The summed E-state index contributed by atoms with van der Waals surface area (Å²) in [5.41, 5.74) is -0.514. The summed E-state index contributed by atoms with van der Waals surface area (Å²) in [5, 5.41) is 9.40. The van der Waals surface area contributed by atoms with Crippen molar-refractivity contribution in [3.8, 4) is 0 Å². The van der Waals surface area contributed by atoms with Crippen molar-refractivity contribution in [2.45, 2.75) is 26.4 Å². The largest absolute Gasteiger partial charge is 0.389 e. The molecule has 0 aliphatic carbocycles. The van der Waals surface area contributed by atoms with E-state index in [0.717, 1.165) is 25.6 Å². The molecule has 1 fully saturated rings. The molecule has 1 aliphatic rings. The molecule has 1 saturated heterocycles. The summed E-state index contributed by atoms with van der Waals surface area (Å²) in [6.07, 6.45) is 0. The standard InChI is InChI=1S/C8H17NO/c1-7-4-9(5-7)6-8(2,3)10/h7,10H,4-6H2,1-3H3. The van der Waals surface area contributed by atoms with E-state index in [1.54, 1.807) is 0 Å². The maximum absolute atomic E-state index is 9.40. The molecular formula is C8H17NO. The summed E-state index contributed by atoms with van der Waals surface area (Å²) in [6, 6.07) is 0. The minimum atomic E-state index is -0.514. The van der Waals surface area contributed by atoms with E-state index in [1.807, 2.05) is 13.8 Å². The smallest absolute Gasteiger partial charge is 0.0718 e. The highest BCUT2D eigenvalue weighted by Crippen LogP contribution is 2.16. The topological polar surface area (TPSA) is 23.5 Å². The lowest BCUT2D eigenvalue weighted by Crippen LogP contribution is -2.50. The zero-order valence-electron chi connectivity index (χ0n) is 7.09. The van der Waals surface area contributed by atoms with E-state index in [9.17, 15) is 5.11 Å². The van der Waals surface area contributed by atoms with Gasteiger partial charge in [-0.3, -0.25) is 4.90 Å². The van der Waals surface area contributed by atoms with E-state index in [1.165, 1.54) is 0 Å². The average Bonchev–Trinajstić information content (AvgIpc) is 1.57. The van der Waals surface area contributed by atoms with Gasteiger partial charge < -0.3 is 5.11 Å². The van der Waals surface area contributed by atoms with Crippen LogP contribution in [0.15, 0.2) is 0 Å². The maximum atomic E-state index is 9.40. The Morgan fingerprint density at radius 1 is 1.50 bits per heavy atom. The van der Waals surface area contributed by atoms with Gasteiger partial charge in [0.05, 0.1) is 5.60 Å². The molecule has 0 bridgehead atoms. The summed E-state index contributed by atoms with van der Waals surface area (Å²) < 4.78 is 0. The van der Waals surface area contributed by atoms with Crippen LogP contribution >= 0.6 is 0 Å². The molecule has 0 spiro atoms. The third kappa shape index (κ3) is 2.27. The van der Waals surface area contributed by atoms with Gasteiger partial charge >= 0.3 is 0 Å². The summed E-state index contributed by atoms with van der Waals surface area (Å²) in [7, 11) is 0. The van der Waals surface area contributed by atoms with Crippen LogP contribution in [0.25, 0.3) is 0 Å². The fraction of sp³-hybridized carbons (Fsp3) is 1.00. The Labute approximate surface area is 62.8 Å². The number of hydrogen-bond donors (Lipinski definition) is 1. The Hall–Kier alpha value is -0.0800. The van der Waals surface area contributed by atoms with Crippen LogP contribution in [0.2, 0.25) is 0 Å². The van der Waals surface area contributed by atoms with Crippen molar-refractivity contribution >= 4 is 0 Å². The molecular weight excluding hydrogens is 126 g/mol. The zero-order chi connectivity index (χ0) is 7.78. The highest BCUT2D eigenvalue weighted by Gasteiger charge is 2.26. The summed E-state index contributed by atoms with van der Waals surface area (Å²) in [4.78, 5) is 2.28. The fourth-order valence-corrected chi connectivity index (χ4v) is 1.50. The van der Waals surface area contributed by atoms with Crippen LogP contribution in [0.4, 0.5) is 0 Å². The van der Waals surface area contributed by atoms with Crippen LogP contribution in [-0.4, -0.2) is 35.2 Å². The normalized spacial score (nSPS) is 22.8. The Balaban J connectivity index is 2.16. The lowest BCUT2D eigenvalue weighted by molar-refractivity contribution is -0.00351. The van der Waals surface area contributed by atoms with Gasteiger partial charge in [0.2, 0.25) is 0 Å². The monoisotopic (exact) mass is 143 g/mol. The lowest BCUT2D eigenvalue weighted by Gasteiger charge is -2.40. The first-order chi connectivity index (χ1) is 4.47. The molecule has 0 unspecified atom stereocenters. The number of β-amino-alcohol motifs (C(OH)–C–C–N with tert-alkyl or cyclic N) is 1. The molecule has 60 valence electrons. The van der Waals surface area contributed by atoms with Crippen LogP contribution < -0.4 is 0 Å². The molecule has 1 aliphatic heterocycles. The van der Waals surface area contributed by atoms with Crippen LogP contribution in [0.3, 0.4) is 0 Å². The van der Waals surface area contributed by atoms with Crippen LogP contribution in [-0.2, 0) is 0 Å². The van der Waals surface area contributed by atoms with E-state index in [4.69, 9.17) is 0 Å². The molecule has 2 heteroatoms. The predicted molar refractivity (Wildman–Crippen MR) is 41.9 cm³/mol. The highest BCUT2D eigenvalue weighted by molar-refractivity contribution is 4.81. The van der Waals surface area contributed by atoms with Gasteiger partial charge in [0.25, 0.3) is 0 Å². The third-order valence-corrected chi connectivity index (χ3v) is 1.75.